The van der Waals surface area contributed by atoms with Crippen molar-refractivity contribution in [1.29, 1.82) is 5.26 Å². The highest BCUT2D eigenvalue weighted by molar-refractivity contribution is 7.16. The van der Waals surface area contributed by atoms with E-state index in [2.05, 4.69) is 51.6 Å². The Hall–Kier alpha value is -4.55. The first-order valence-corrected chi connectivity index (χ1v) is 15.8. The number of likely N-dealkylation sites (tertiary alicyclic amines) is 1. The van der Waals surface area contributed by atoms with E-state index in [0.717, 1.165) is 81.5 Å². The third kappa shape index (κ3) is 6.66. The van der Waals surface area contributed by atoms with E-state index in [1.165, 1.54) is 0 Å². The molecule has 0 saturated carbocycles. The van der Waals surface area contributed by atoms with Crippen LogP contribution in [-0.2, 0) is 0 Å². The molecule has 0 amide bonds. The Labute approximate surface area is 262 Å². The molecule has 1 atom stereocenters. The first-order chi connectivity index (χ1) is 21.6. The molecule has 7 nitrogen and oxygen atoms in total. The summed E-state index contributed by atoms with van der Waals surface area (Å²) >= 11 is 1.58. The molecule has 1 fully saturated rings. The number of aliphatic hydroxyl groups is 1. The van der Waals surface area contributed by atoms with Crippen LogP contribution in [0.15, 0.2) is 91.1 Å². The van der Waals surface area contributed by atoms with Gasteiger partial charge < -0.3 is 15.2 Å². The number of nitrogens with zero attached hydrogens (tertiary/aromatic N) is 4. The molecule has 3 heterocycles. The lowest BCUT2D eigenvalue weighted by molar-refractivity contribution is 0.150. The van der Waals surface area contributed by atoms with Crippen LogP contribution in [-0.4, -0.2) is 52.3 Å². The maximum Gasteiger partial charge on any atom is 0.227 e. The standard InChI is InChI=1S/C36H35N5O2S/c1-25-32(23-37)34(28-12-5-11-27(21-28)26-9-3-2-4-10-26)35(44-25)33-16-17-38-36(40-33)39-29-13-6-15-31(22-29)43-20-8-19-41-18-7-14-30(41)24-42/h2-6,9-13,15-17,21-22,30,42H,7-8,14,18-20,24H2,1H3,(H,38,39,40)/t30-/m0/s1. The number of aryl methyl sites for hydroxylation is 1. The second-order valence-electron chi connectivity index (χ2n) is 10.9. The number of benzene rings is 3. The molecule has 0 aliphatic carbocycles. The SMILES string of the molecule is Cc1sc(-c2ccnc(Nc3cccc(OCCCN4CCC[C@H]4CO)c3)n2)c(-c2cccc(-c3ccccc3)c2)c1C#N. The summed E-state index contributed by atoms with van der Waals surface area (Å²) in [6.45, 7) is 4.80. The summed E-state index contributed by atoms with van der Waals surface area (Å²) in [6, 6.07) is 31.0. The van der Waals surface area contributed by atoms with Crippen LogP contribution in [0, 0.1) is 18.3 Å². The van der Waals surface area contributed by atoms with E-state index in [1.54, 1.807) is 17.5 Å². The summed E-state index contributed by atoms with van der Waals surface area (Å²) < 4.78 is 6.04. The van der Waals surface area contributed by atoms with E-state index in [9.17, 15) is 10.4 Å². The molecule has 0 spiro atoms. The van der Waals surface area contributed by atoms with Crippen LogP contribution in [0.3, 0.4) is 0 Å². The predicted octanol–water partition coefficient (Wildman–Crippen LogP) is 7.69. The van der Waals surface area contributed by atoms with Crippen molar-refractivity contribution in [2.24, 2.45) is 0 Å². The van der Waals surface area contributed by atoms with Gasteiger partial charge in [0.25, 0.3) is 0 Å². The van der Waals surface area contributed by atoms with Gasteiger partial charge >= 0.3 is 0 Å². The Kier molecular flexibility index (Phi) is 9.28. The van der Waals surface area contributed by atoms with Crippen LogP contribution in [0.1, 0.15) is 29.7 Å². The first kappa shape index (κ1) is 29.5. The molecule has 0 unspecified atom stereocenters. The molecule has 6 rings (SSSR count). The van der Waals surface area contributed by atoms with Crippen LogP contribution in [0.2, 0.25) is 0 Å². The maximum atomic E-state index is 10.1. The van der Waals surface area contributed by atoms with Gasteiger partial charge in [-0.3, -0.25) is 4.90 Å². The number of nitrogens with one attached hydrogen (secondary N) is 1. The minimum absolute atomic E-state index is 0.228. The van der Waals surface area contributed by atoms with Crippen molar-refractivity contribution in [3.05, 3.63) is 102 Å². The fourth-order valence-corrected chi connectivity index (χ4v) is 6.91. The molecule has 44 heavy (non-hydrogen) atoms. The van der Waals surface area contributed by atoms with Gasteiger partial charge in [0.2, 0.25) is 5.95 Å². The highest BCUT2D eigenvalue weighted by Gasteiger charge is 2.23. The quantitative estimate of drug-likeness (QED) is 0.150. The molecule has 1 aliphatic heterocycles. The Balaban J connectivity index is 1.20. The fraction of sp³-hybridized carbons (Fsp3) is 0.250. The minimum atomic E-state index is 0.228. The van der Waals surface area contributed by atoms with Gasteiger partial charge in [-0.25, -0.2) is 9.97 Å². The van der Waals surface area contributed by atoms with Gasteiger partial charge in [-0.1, -0.05) is 54.6 Å². The molecule has 8 heteroatoms. The number of rotatable bonds is 11. The summed E-state index contributed by atoms with van der Waals surface area (Å²) in [6.07, 6.45) is 4.87. The summed E-state index contributed by atoms with van der Waals surface area (Å²) in [5.74, 6) is 1.25. The fourth-order valence-electron chi connectivity index (χ4n) is 5.81. The van der Waals surface area contributed by atoms with Gasteiger partial charge in [-0.15, -0.1) is 11.3 Å². The summed E-state index contributed by atoms with van der Waals surface area (Å²) in [5, 5.41) is 23.0. The van der Waals surface area contributed by atoms with E-state index in [0.29, 0.717) is 24.2 Å². The summed E-state index contributed by atoms with van der Waals surface area (Å²) in [4.78, 5) is 13.6. The molecule has 3 aromatic carbocycles. The predicted molar refractivity (Wildman–Crippen MR) is 177 cm³/mol. The molecule has 0 bridgehead atoms. The van der Waals surface area contributed by atoms with Crippen molar-refractivity contribution in [2.45, 2.75) is 32.2 Å². The Morgan fingerprint density at radius 1 is 1.02 bits per heavy atom. The smallest absolute Gasteiger partial charge is 0.227 e. The van der Waals surface area contributed by atoms with Crippen LogP contribution in [0.4, 0.5) is 11.6 Å². The zero-order valence-corrected chi connectivity index (χ0v) is 25.6. The van der Waals surface area contributed by atoms with Crippen LogP contribution in [0.5, 0.6) is 5.75 Å². The molecule has 0 radical (unpaired) electrons. The Morgan fingerprint density at radius 2 is 1.84 bits per heavy atom. The second-order valence-corrected chi connectivity index (χ2v) is 12.2. The Bertz CT molecular complexity index is 1760. The lowest BCUT2D eigenvalue weighted by atomic mass is 9.96. The van der Waals surface area contributed by atoms with Gasteiger partial charge in [0.15, 0.2) is 0 Å². The van der Waals surface area contributed by atoms with Crippen molar-refractivity contribution in [3.8, 4) is 44.6 Å². The number of aromatic nitrogens is 2. The number of aliphatic hydroxyl groups excluding tert-OH is 1. The van der Waals surface area contributed by atoms with Crippen molar-refractivity contribution in [2.75, 3.05) is 31.6 Å². The van der Waals surface area contributed by atoms with E-state index >= 15 is 0 Å². The number of hydrogen-bond donors (Lipinski definition) is 2. The third-order valence-corrected chi connectivity index (χ3v) is 9.13. The topological polar surface area (TPSA) is 94.3 Å². The number of ether oxygens (including phenoxy) is 1. The normalized spacial score (nSPS) is 14.8. The molecular formula is C36H35N5O2S. The van der Waals surface area contributed by atoms with Crippen molar-refractivity contribution in [1.82, 2.24) is 14.9 Å². The van der Waals surface area contributed by atoms with Crippen molar-refractivity contribution < 1.29 is 9.84 Å². The summed E-state index contributed by atoms with van der Waals surface area (Å²) in [7, 11) is 0. The molecule has 1 saturated heterocycles. The van der Waals surface area contributed by atoms with E-state index < -0.39 is 0 Å². The molecule has 222 valence electrons. The molecule has 5 aromatic rings. The molecule has 1 aliphatic rings. The van der Waals surface area contributed by atoms with Crippen molar-refractivity contribution >= 4 is 23.0 Å². The summed E-state index contributed by atoms with van der Waals surface area (Å²) in [5.41, 5.74) is 6.36. The zero-order valence-electron chi connectivity index (χ0n) is 24.7. The number of thiophene rings is 1. The monoisotopic (exact) mass is 601 g/mol. The van der Waals surface area contributed by atoms with Crippen LogP contribution < -0.4 is 10.1 Å². The van der Waals surface area contributed by atoms with Gasteiger partial charge in [-0.2, -0.15) is 5.26 Å². The van der Waals surface area contributed by atoms with Crippen LogP contribution in [0.25, 0.3) is 32.8 Å². The molecule has 2 aromatic heterocycles. The average Bonchev–Trinajstić information content (AvgIpc) is 3.67. The lowest BCUT2D eigenvalue weighted by Gasteiger charge is -2.22. The lowest BCUT2D eigenvalue weighted by Crippen LogP contribution is -2.33. The molecule has 2 N–H and O–H groups in total. The number of anilines is 2. The largest absolute Gasteiger partial charge is 0.493 e. The minimum Gasteiger partial charge on any atom is -0.493 e. The van der Waals surface area contributed by atoms with Gasteiger partial charge in [0, 0.05) is 41.0 Å². The van der Waals surface area contributed by atoms with E-state index in [1.807, 2.05) is 61.5 Å². The van der Waals surface area contributed by atoms with Crippen LogP contribution >= 0.6 is 11.3 Å². The third-order valence-electron chi connectivity index (χ3n) is 8.00. The van der Waals surface area contributed by atoms with Gasteiger partial charge in [0.1, 0.15) is 11.8 Å². The van der Waals surface area contributed by atoms with E-state index in [4.69, 9.17) is 9.72 Å². The highest BCUT2D eigenvalue weighted by atomic mass is 32.1. The maximum absolute atomic E-state index is 10.1. The number of hydrogen-bond acceptors (Lipinski definition) is 8. The van der Waals surface area contributed by atoms with Gasteiger partial charge in [0.05, 0.1) is 29.3 Å². The second kappa shape index (κ2) is 13.8. The first-order valence-electron chi connectivity index (χ1n) is 15.0. The van der Waals surface area contributed by atoms with Crippen molar-refractivity contribution in [3.63, 3.8) is 0 Å². The number of nitriles is 1. The van der Waals surface area contributed by atoms with Gasteiger partial charge in [-0.05, 0) is 73.7 Å². The molecular weight excluding hydrogens is 566 g/mol. The average molecular weight is 602 g/mol. The zero-order chi connectivity index (χ0) is 30.3. The highest BCUT2D eigenvalue weighted by Crippen LogP contribution is 2.43. The van der Waals surface area contributed by atoms with E-state index in [-0.39, 0.29) is 6.61 Å². The Morgan fingerprint density at radius 3 is 2.68 bits per heavy atom.